The minimum Gasteiger partial charge on any atom is -0.459 e. The van der Waals surface area contributed by atoms with Gasteiger partial charge in [-0.1, -0.05) is 11.6 Å². The Morgan fingerprint density at radius 2 is 2.00 bits per heavy atom. The highest BCUT2D eigenvalue weighted by atomic mass is 35.5. The molecule has 2 rings (SSSR count). The van der Waals surface area contributed by atoms with E-state index in [2.05, 4.69) is 5.32 Å². The van der Waals surface area contributed by atoms with E-state index in [1.54, 1.807) is 17.9 Å². The van der Waals surface area contributed by atoms with Crippen LogP contribution in [-0.4, -0.2) is 34.7 Å². The molecule has 0 saturated carbocycles. The van der Waals surface area contributed by atoms with E-state index >= 15 is 0 Å². The van der Waals surface area contributed by atoms with E-state index in [1.165, 1.54) is 0 Å². The van der Waals surface area contributed by atoms with Crippen molar-refractivity contribution in [2.75, 3.05) is 6.54 Å². The summed E-state index contributed by atoms with van der Waals surface area (Å²) in [5.74, 6) is 0.663. The van der Waals surface area contributed by atoms with E-state index in [9.17, 15) is 9.90 Å². The predicted molar refractivity (Wildman–Crippen MR) is 91.7 cm³/mol. The molecule has 2 N–H and O–H groups in total. The Kier molecular flexibility index (Phi) is 5.55. The molecule has 0 fully saturated rings. The van der Waals surface area contributed by atoms with E-state index in [0.29, 0.717) is 10.8 Å². The molecule has 0 radical (unpaired) electrons. The first kappa shape index (κ1) is 17.6. The average Bonchev–Trinajstić information content (AvgIpc) is 2.87. The molecule has 0 bridgehead atoms. The normalized spacial score (nSPS) is 14.0. The maximum absolute atomic E-state index is 12.4. The lowest BCUT2D eigenvalue weighted by Gasteiger charge is -2.29. The van der Waals surface area contributed by atoms with Crippen molar-refractivity contribution < 1.29 is 14.3 Å². The van der Waals surface area contributed by atoms with Crippen LogP contribution < -0.4 is 5.32 Å². The molecule has 0 aliphatic heterocycles. The topological polar surface area (TPSA) is 65.7 Å². The van der Waals surface area contributed by atoms with Gasteiger partial charge in [-0.25, -0.2) is 4.79 Å². The largest absolute Gasteiger partial charge is 0.459 e. The van der Waals surface area contributed by atoms with Gasteiger partial charge < -0.3 is 19.7 Å². The Bertz CT molecular complexity index is 682. The fraction of sp³-hybridized carbons (Fsp3) is 0.471. The van der Waals surface area contributed by atoms with Crippen LogP contribution in [0.4, 0.5) is 4.79 Å². The maximum Gasteiger partial charge on any atom is 0.318 e. The lowest BCUT2D eigenvalue weighted by Crippen LogP contribution is -2.47. The lowest BCUT2D eigenvalue weighted by molar-refractivity contribution is 0.117. The Morgan fingerprint density at radius 3 is 2.61 bits per heavy atom. The van der Waals surface area contributed by atoms with Crippen molar-refractivity contribution in [3.05, 3.63) is 35.0 Å². The van der Waals surface area contributed by atoms with E-state index in [0.717, 1.165) is 11.0 Å². The SMILES string of the molecule is CC(O)CN(C(=O)NC(C)c1cc2cc(Cl)ccc2o1)C(C)C. The fourth-order valence-electron chi connectivity index (χ4n) is 2.40. The van der Waals surface area contributed by atoms with Crippen LogP contribution in [-0.2, 0) is 0 Å². The molecule has 5 nitrogen and oxygen atoms in total. The number of aliphatic hydroxyl groups excluding tert-OH is 1. The highest BCUT2D eigenvalue weighted by Crippen LogP contribution is 2.26. The molecule has 0 aliphatic rings. The smallest absolute Gasteiger partial charge is 0.318 e. The molecular weight excluding hydrogens is 316 g/mol. The number of hydrogen-bond donors (Lipinski definition) is 2. The minimum absolute atomic E-state index is 0.00807. The molecule has 0 aliphatic carbocycles. The van der Waals surface area contributed by atoms with Crippen molar-refractivity contribution in [3.63, 3.8) is 0 Å². The van der Waals surface area contributed by atoms with Crippen molar-refractivity contribution >= 4 is 28.6 Å². The van der Waals surface area contributed by atoms with Crippen LogP contribution in [0.25, 0.3) is 11.0 Å². The first-order valence-corrected chi connectivity index (χ1v) is 8.10. The van der Waals surface area contributed by atoms with E-state index in [4.69, 9.17) is 16.0 Å². The van der Waals surface area contributed by atoms with Crippen molar-refractivity contribution in [2.24, 2.45) is 0 Å². The van der Waals surface area contributed by atoms with Gasteiger partial charge in [-0.3, -0.25) is 0 Å². The third-order valence-corrected chi connectivity index (χ3v) is 3.84. The van der Waals surface area contributed by atoms with Gasteiger partial charge in [0.15, 0.2) is 0 Å². The molecule has 23 heavy (non-hydrogen) atoms. The fourth-order valence-corrected chi connectivity index (χ4v) is 2.58. The van der Waals surface area contributed by atoms with Gasteiger partial charge in [0.2, 0.25) is 0 Å². The number of amides is 2. The first-order valence-electron chi connectivity index (χ1n) is 7.72. The molecule has 126 valence electrons. The number of rotatable bonds is 5. The summed E-state index contributed by atoms with van der Waals surface area (Å²) in [5.41, 5.74) is 0.732. The summed E-state index contributed by atoms with van der Waals surface area (Å²) in [4.78, 5) is 14.0. The number of aliphatic hydroxyl groups is 1. The molecule has 2 amide bonds. The van der Waals surface area contributed by atoms with Gasteiger partial charge in [-0.2, -0.15) is 0 Å². The maximum atomic E-state index is 12.4. The van der Waals surface area contributed by atoms with Crippen LogP contribution in [0, 0.1) is 0 Å². The molecule has 1 aromatic heterocycles. The standard InChI is InChI=1S/C17H23ClN2O3/c1-10(2)20(9-11(3)21)17(22)19-12(4)16-8-13-7-14(18)5-6-15(13)23-16/h5-8,10-12,21H,9H2,1-4H3,(H,19,22). The summed E-state index contributed by atoms with van der Waals surface area (Å²) in [6.45, 7) is 7.63. The number of halogens is 1. The van der Waals surface area contributed by atoms with Crippen molar-refractivity contribution in [1.29, 1.82) is 0 Å². The zero-order valence-corrected chi connectivity index (χ0v) is 14.6. The summed E-state index contributed by atoms with van der Waals surface area (Å²) in [6.07, 6.45) is -0.577. The highest BCUT2D eigenvalue weighted by Gasteiger charge is 2.22. The number of carbonyl (C=O) groups is 1. The van der Waals surface area contributed by atoms with Gasteiger partial charge in [0, 0.05) is 23.0 Å². The number of fused-ring (bicyclic) bond motifs is 1. The van der Waals surface area contributed by atoms with Crippen LogP contribution in [0.2, 0.25) is 5.02 Å². The second-order valence-corrected chi connectivity index (χ2v) is 6.53. The lowest BCUT2D eigenvalue weighted by atomic mass is 10.2. The zero-order valence-electron chi connectivity index (χ0n) is 13.8. The first-order chi connectivity index (χ1) is 10.8. The molecular formula is C17H23ClN2O3. The summed E-state index contributed by atoms with van der Waals surface area (Å²) in [5, 5.41) is 14.0. The van der Waals surface area contributed by atoms with E-state index in [-0.39, 0.29) is 24.7 Å². The van der Waals surface area contributed by atoms with Gasteiger partial charge >= 0.3 is 6.03 Å². The third-order valence-electron chi connectivity index (χ3n) is 3.61. The number of nitrogens with one attached hydrogen (secondary N) is 1. The van der Waals surface area contributed by atoms with Gasteiger partial charge in [0.25, 0.3) is 0 Å². The molecule has 2 unspecified atom stereocenters. The summed E-state index contributed by atoms with van der Waals surface area (Å²) < 4.78 is 5.77. The Labute approximate surface area is 141 Å². The van der Waals surface area contributed by atoms with Gasteiger partial charge in [0.05, 0.1) is 12.1 Å². The van der Waals surface area contributed by atoms with Gasteiger partial charge in [-0.05, 0) is 52.0 Å². The third kappa shape index (κ3) is 4.39. The quantitative estimate of drug-likeness (QED) is 0.867. The molecule has 0 saturated heterocycles. The molecule has 2 atom stereocenters. The molecule has 1 heterocycles. The molecule has 0 spiro atoms. The Balaban J connectivity index is 2.12. The highest BCUT2D eigenvalue weighted by molar-refractivity contribution is 6.31. The van der Waals surface area contributed by atoms with Crippen LogP contribution in [0.15, 0.2) is 28.7 Å². The molecule has 1 aromatic carbocycles. The molecule has 6 heteroatoms. The second kappa shape index (κ2) is 7.23. The van der Waals surface area contributed by atoms with E-state index < -0.39 is 6.10 Å². The second-order valence-electron chi connectivity index (χ2n) is 6.10. The van der Waals surface area contributed by atoms with Crippen LogP contribution >= 0.6 is 11.6 Å². The van der Waals surface area contributed by atoms with E-state index in [1.807, 2.05) is 39.0 Å². The van der Waals surface area contributed by atoms with Crippen molar-refractivity contribution in [3.8, 4) is 0 Å². The number of benzene rings is 1. The number of hydrogen-bond acceptors (Lipinski definition) is 3. The Morgan fingerprint density at radius 1 is 1.30 bits per heavy atom. The summed E-state index contributed by atoms with van der Waals surface area (Å²) in [6, 6.07) is 6.75. The summed E-state index contributed by atoms with van der Waals surface area (Å²) in [7, 11) is 0. The number of furan rings is 1. The van der Waals surface area contributed by atoms with Gasteiger partial charge in [0.1, 0.15) is 11.3 Å². The number of nitrogens with zero attached hydrogens (tertiary/aromatic N) is 1. The number of urea groups is 1. The Hall–Kier alpha value is -1.72. The monoisotopic (exact) mass is 338 g/mol. The predicted octanol–water partition coefficient (Wildman–Crippen LogP) is 3.95. The summed E-state index contributed by atoms with van der Waals surface area (Å²) >= 11 is 5.97. The minimum atomic E-state index is -0.577. The van der Waals surface area contributed by atoms with Crippen LogP contribution in [0.5, 0.6) is 0 Å². The van der Waals surface area contributed by atoms with Crippen LogP contribution in [0.1, 0.15) is 39.5 Å². The van der Waals surface area contributed by atoms with Crippen molar-refractivity contribution in [2.45, 2.75) is 45.9 Å². The number of carbonyl (C=O) groups excluding carboxylic acids is 1. The molecule has 2 aromatic rings. The van der Waals surface area contributed by atoms with Crippen LogP contribution in [0.3, 0.4) is 0 Å². The van der Waals surface area contributed by atoms with Crippen molar-refractivity contribution in [1.82, 2.24) is 10.2 Å². The van der Waals surface area contributed by atoms with Gasteiger partial charge in [-0.15, -0.1) is 0 Å². The zero-order chi connectivity index (χ0) is 17.1. The average molecular weight is 339 g/mol.